The van der Waals surface area contributed by atoms with Gasteiger partial charge in [-0.05, 0) is 0 Å². The van der Waals surface area contributed by atoms with E-state index in [1.807, 2.05) is 0 Å². The molecule has 379 valence electrons. The molecule has 0 spiro atoms. The second-order valence-electron chi connectivity index (χ2n) is 26.2. The fourth-order valence-electron chi connectivity index (χ4n) is 12.0. The van der Waals surface area contributed by atoms with E-state index in [1.54, 1.807) is 20.7 Å². The Balaban J connectivity index is 1.47. The summed E-state index contributed by atoms with van der Waals surface area (Å²) in [5.41, 5.74) is 19.1. The summed E-state index contributed by atoms with van der Waals surface area (Å²) in [5, 5.41) is 6.16. The summed E-state index contributed by atoms with van der Waals surface area (Å²) in [7, 11) is 11.9. The van der Waals surface area contributed by atoms with Crippen molar-refractivity contribution in [3.63, 3.8) is 0 Å². The molecule has 2 aliphatic carbocycles. The molecule has 0 radical (unpaired) electrons. The standard InChI is InChI=1S/2C31H39Si2.C2H7Si.2ClH.Zr/c2*1-8-9-13-23-18-25-16-17-29(24-14-11-10-12-15-24)31(30(25)19-23)26-20-27(32(2,3)4)22-28(21-26)33(5,6)7;1-3-2;;;/h2*10-12,14-22H,8-9,13H2,1-7H3;3H,1-2H3;2*1H;/q;;;;;+2/p-2. The van der Waals surface area contributed by atoms with Gasteiger partial charge in [-0.2, -0.15) is 0 Å². The average Bonchev–Trinajstić information content (AvgIpc) is 3.91. The normalized spacial score (nSPS) is 16.8. The van der Waals surface area contributed by atoms with E-state index < -0.39 is 53.8 Å². The second kappa shape index (κ2) is 20.7. The first-order valence-corrected chi connectivity index (χ1v) is 57.7. The van der Waals surface area contributed by atoms with Gasteiger partial charge in [0.1, 0.15) is 0 Å². The zero-order valence-corrected chi connectivity index (χ0v) is 56.1. The van der Waals surface area contributed by atoms with Crippen LogP contribution < -0.4 is 20.7 Å². The van der Waals surface area contributed by atoms with Crippen molar-refractivity contribution < 1.29 is 15.6 Å². The maximum absolute atomic E-state index is 9.37. The van der Waals surface area contributed by atoms with E-state index in [9.17, 15) is 17.0 Å². The first kappa shape index (κ1) is 55.6. The molecule has 0 nitrogen and oxygen atoms in total. The van der Waals surface area contributed by atoms with Gasteiger partial charge in [-0.15, -0.1) is 0 Å². The van der Waals surface area contributed by atoms with Crippen molar-refractivity contribution in [2.45, 2.75) is 151 Å². The van der Waals surface area contributed by atoms with Gasteiger partial charge in [-0.3, -0.25) is 0 Å². The van der Waals surface area contributed by atoms with E-state index in [1.165, 1.54) is 77.9 Å². The summed E-state index contributed by atoms with van der Waals surface area (Å²) in [4.78, 5) is 0. The summed E-state index contributed by atoms with van der Waals surface area (Å²) in [6.07, 6.45) is 11.8. The first-order valence-electron chi connectivity index (χ1n) is 27.4. The molecule has 72 heavy (non-hydrogen) atoms. The molecule has 8 rings (SSSR count). The van der Waals surface area contributed by atoms with Crippen LogP contribution in [0.1, 0.15) is 81.9 Å². The monoisotopic (exact) mass is 1150 g/mol. The van der Waals surface area contributed by atoms with E-state index in [-0.39, 0.29) is 7.25 Å². The molecule has 6 aromatic carbocycles. The van der Waals surface area contributed by atoms with Gasteiger partial charge in [-0.1, -0.05) is 0 Å². The number of hydrogen-bond donors (Lipinski definition) is 0. The zero-order chi connectivity index (χ0) is 52.4. The molecule has 0 fully saturated rings. The van der Waals surface area contributed by atoms with Crippen molar-refractivity contribution in [1.82, 2.24) is 0 Å². The van der Waals surface area contributed by atoms with E-state index in [4.69, 9.17) is 0 Å². The van der Waals surface area contributed by atoms with Crippen LogP contribution in [0.3, 0.4) is 0 Å². The second-order valence-corrected chi connectivity index (χ2v) is 89.0. The number of unbranched alkanes of at least 4 members (excludes halogenated alkanes) is 2. The van der Waals surface area contributed by atoms with E-state index >= 15 is 0 Å². The Morgan fingerprint density at radius 2 is 0.750 bits per heavy atom. The van der Waals surface area contributed by atoms with Crippen LogP contribution in [0.25, 0.3) is 56.7 Å². The summed E-state index contributed by atoms with van der Waals surface area (Å²) in [6.45, 7) is 39.9. The minimum atomic E-state index is -5.25. The number of fused-ring (bicyclic) bond motifs is 2. The van der Waals surface area contributed by atoms with Crippen LogP contribution in [-0.2, 0) is 15.6 Å². The summed E-state index contributed by atoms with van der Waals surface area (Å²) in [5.74, 6) is -1.85. The average molecular weight is 1160 g/mol. The number of benzene rings is 6. The Morgan fingerprint density at radius 3 is 1.03 bits per heavy atom. The third-order valence-electron chi connectivity index (χ3n) is 16.5. The van der Waals surface area contributed by atoms with Gasteiger partial charge in [0, 0.05) is 0 Å². The van der Waals surface area contributed by atoms with Crippen molar-refractivity contribution in [1.29, 1.82) is 0 Å². The minimum absolute atomic E-state index is 0.0233. The third-order valence-corrected chi connectivity index (χ3v) is 76.4. The van der Waals surface area contributed by atoms with Crippen molar-refractivity contribution in [3.05, 3.63) is 155 Å². The molecule has 2 atom stereocenters. The molecule has 0 aliphatic heterocycles. The van der Waals surface area contributed by atoms with Crippen LogP contribution in [0.15, 0.2) is 132 Å². The van der Waals surface area contributed by atoms with Crippen LogP contribution in [-0.4, -0.2) is 38.2 Å². The Kier molecular flexibility index (Phi) is 16.0. The van der Waals surface area contributed by atoms with Gasteiger partial charge in [0.2, 0.25) is 0 Å². The predicted octanol–water partition coefficient (Wildman–Crippen LogP) is 18.5. The van der Waals surface area contributed by atoms with E-state index in [0.29, 0.717) is 0 Å². The molecule has 0 amide bonds. The molecule has 0 saturated carbocycles. The van der Waals surface area contributed by atoms with Crippen LogP contribution in [0.5, 0.6) is 0 Å². The predicted molar refractivity (Wildman–Crippen MR) is 338 cm³/mol. The molecule has 8 heteroatoms. The number of halogens is 2. The summed E-state index contributed by atoms with van der Waals surface area (Å²) >= 11 is -5.25. The van der Waals surface area contributed by atoms with Gasteiger partial charge < -0.3 is 0 Å². The van der Waals surface area contributed by atoms with Crippen LogP contribution in [0, 0.1) is 0 Å². The Hall–Kier alpha value is -2.65. The van der Waals surface area contributed by atoms with E-state index in [0.717, 1.165) is 38.5 Å². The van der Waals surface area contributed by atoms with Gasteiger partial charge in [0.15, 0.2) is 0 Å². The zero-order valence-electron chi connectivity index (χ0n) is 46.9. The molecule has 0 heterocycles. The summed E-state index contributed by atoms with van der Waals surface area (Å²) in [6, 6.07) is 47.8. The Bertz CT molecular complexity index is 2790. The fourth-order valence-corrected chi connectivity index (χ4v) is 48.5. The molecule has 2 aliphatic rings. The molecule has 0 bridgehead atoms. The fraction of sp³-hybridized carbons (Fsp3) is 0.375. The quantitative estimate of drug-likeness (QED) is 0.0799. The molecule has 2 unspecified atom stereocenters. The van der Waals surface area contributed by atoms with Gasteiger partial charge >= 0.3 is 454 Å². The SMILES string of the molecule is CCCCC1=Cc2c(ccc(-c3ccccc3)c2-c2cc([Si](C)(C)C)cc([Si](C)(C)C)c2)[CH]1[Zr]([Cl])([Cl])([CH]1C(CCCC)=Cc2c1ccc(-c1ccccc1)c2-c1cc([Si](C)(C)C)cc([Si](C)(C)C)c1)[SiH](C)C. The number of allylic oxidation sites excluding steroid dienone is 2. The van der Waals surface area contributed by atoms with Crippen LogP contribution >= 0.6 is 17.0 Å². The van der Waals surface area contributed by atoms with Gasteiger partial charge in [0.05, 0.1) is 0 Å². The molecular weight excluding hydrogens is 1070 g/mol. The van der Waals surface area contributed by atoms with Crippen LogP contribution in [0.2, 0.25) is 91.7 Å². The van der Waals surface area contributed by atoms with Gasteiger partial charge in [-0.25, -0.2) is 0 Å². The number of rotatable bonds is 17. The first-order chi connectivity index (χ1) is 33.7. The summed E-state index contributed by atoms with van der Waals surface area (Å²) < 4.78 is 0.0465. The Labute approximate surface area is 450 Å². The maximum atomic E-state index is 9.37. The molecular formula is C64H85Cl2Si5Zr. The van der Waals surface area contributed by atoms with Crippen LogP contribution in [0.4, 0.5) is 0 Å². The van der Waals surface area contributed by atoms with Crippen molar-refractivity contribution >= 4 is 88.1 Å². The number of hydrogen-bond acceptors (Lipinski definition) is 0. The van der Waals surface area contributed by atoms with Gasteiger partial charge in [0.25, 0.3) is 0 Å². The molecule has 0 aromatic heterocycles. The molecule has 0 N–H and O–H groups in total. The molecule has 0 saturated heterocycles. The van der Waals surface area contributed by atoms with Crippen molar-refractivity contribution in [2.75, 3.05) is 0 Å². The molecule has 6 aromatic rings. The van der Waals surface area contributed by atoms with Crippen molar-refractivity contribution in [2.24, 2.45) is 0 Å². The van der Waals surface area contributed by atoms with Crippen molar-refractivity contribution in [3.8, 4) is 44.5 Å². The third kappa shape index (κ3) is 10.6. The van der Waals surface area contributed by atoms with E-state index in [2.05, 4.69) is 239 Å². The Morgan fingerprint density at radius 1 is 0.431 bits per heavy atom. The topological polar surface area (TPSA) is 0 Å².